The molecular weight excluding hydrogens is 434 g/mol. The Kier molecular flexibility index (Phi) is 5.93. The first kappa shape index (κ1) is 22.2. The lowest BCUT2D eigenvalue weighted by Gasteiger charge is -2.18. The van der Waals surface area contributed by atoms with Gasteiger partial charge in [-0.15, -0.1) is 0 Å². The number of fused-ring (bicyclic) bond motifs is 3. The lowest BCUT2D eigenvalue weighted by atomic mass is 10.1. The fourth-order valence-electron chi connectivity index (χ4n) is 3.57. The number of aliphatic hydroxyl groups excluding tert-OH is 1. The third kappa shape index (κ3) is 4.75. The maximum Gasteiger partial charge on any atom is 0.254 e. The fourth-order valence-corrected chi connectivity index (χ4v) is 3.57. The maximum atomic E-state index is 13.3. The van der Waals surface area contributed by atoms with Gasteiger partial charge in [-0.25, -0.2) is 8.78 Å². The van der Waals surface area contributed by atoms with Gasteiger partial charge in [0.2, 0.25) is 11.8 Å². The number of hydrogen-bond acceptors (Lipinski definition) is 4. The van der Waals surface area contributed by atoms with E-state index in [1.54, 1.807) is 18.2 Å². The van der Waals surface area contributed by atoms with E-state index in [4.69, 9.17) is 0 Å². The monoisotopic (exact) mass is 454 g/mol. The average Bonchev–Trinajstić information content (AvgIpc) is 3.15. The number of amides is 3. The molecule has 0 radical (unpaired) electrons. The molecular formula is C23H20F2N4O4. The van der Waals surface area contributed by atoms with Gasteiger partial charge in [-0.2, -0.15) is 0 Å². The molecule has 1 unspecified atom stereocenters. The number of carbonyl (C=O) groups excluding carboxylic acids is 3. The molecule has 0 saturated heterocycles. The summed E-state index contributed by atoms with van der Waals surface area (Å²) in [4.78, 5) is 37.0. The van der Waals surface area contributed by atoms with Gasteiger partial charge < -0.3 is 25.6 Å². The Morgan fingerprint density at radius 1 is 1.09 bits per heavy atom. The van der Waals surface area contributed by atoms with Gasteiger partial charge in [-0.05, 0) is 55.0 Å². The van der Waals surface area contributed by atoms with E-state index in [1.807, 2.05) is 22.9 Å². The van der Waals surface area contributed by atoms with Crippen molar-refractivity contribution in [1.82, 2.24) is 9.88 Å². The molecule has 170 valence electrons. The summed E-state index contributed by atoms with van der Waals surface area (Å²) in [5, 5.41) is 17.8. The normalized spacial score (nSPS) is 14.2. The highest BCUT2D eigenvalue weighted by atomic mass is 19.1. The lowest BCUT2D eigenvalue weighted by Crippen LogP contribution is -2.43. The van der Waals surface area contributed by atoms with E-state index in [0.717, 1.165) is 23.5 Å². The van der Waals surface area contributed by atoms with Crippen molar-refractivity contribution in [2.24, 2.45) is 0 Å². The minimum absolute atomic E-state index is 0.194. The lowest BCUT2D eigenvalue weighted by molar-refractivity contribution is -0.132. The van der Waals surface area contributed by atoms with Crippen LogP contribution in [0.4, 0.5) is 20.2 Å². The van der Waals surface area contributed by atoms with Gasteiger partial charge in [0, 0.05) is 23.6 Å². The molecule has 0 spiro atoms. The van der Waals surface area contributed by atoms with Crippen molar-refractivity contribution < 1.29 is 28.3 Å². The van der Waals surface area contributed by atoms with Crippen molar-refractivity contribution in [2.45, 2.75) is 25.5 Å². The molecule has 2 aromatic carbocycles. The molecule has 8 nitrogen and oxygen atoms in total. The number of anilines is 2. The number of aliphatic hydroxyl groups is 1. The van der Waals surface area contributed by atoms with Gasteiger partial charge in [-0.1, -0.05) is 0 Å². The second kappa shape index (κ2) is 8.83. The summed E-state index contributed by atoms with van der Waals surface area (Å²) < 4.78 is 28.6. The molecule has 2 atom stereocenters. The van der Waals surface area contributed by atoms with Crippen LogP contribution in [0.1, 0.15) is 24.3 Å². The van der Waals surface area contributed by atoms with Crippen LogP contribution in [0.3, 0.4) is 0 Å². The number of halogens is 2. The van der Waals surface area contributed by atoms with Crippen LogP contribution in [0, 0.1) is 11.6 Å². The minimum Gasteiger partial charge on any atom is -0.378 e. The second-order valence-corrected chi connectivity index (χ2v) is 7.65. The zero-order valence-corrected chi connectivity index (χ0v) is 17.4. The first-order valence-corrected chi connectivity index (χ1v) is 10.1. The Hall–Kier alpha value is -4.05. The van der Waals surface area contributed by atoms with Crippen molar-refractivity contribution in [3.05, 3.63) is 77.6 Å². The van der Waals surface area contributed by atoms with Gasteiger partial charge >= 0.3 is 0 Å². The molecule has 0 fully saturated rings. The molecule has 4 N–H and O–H groups in total. The Morgan fingerprint density at radius 2 is 1.82 bits per heavy atom. The highest BCUT2D eigenvalue weighted by Crippen LogP contribution is 2.29. The zero-order valence-electron chi connectivity index (χ0n) is 17.4. The maximum absolute atomic E-state index is 13.3. The first-order valence-electron chi connectivity index (χ1n) is 10.1. The summed E-state index contributed by atoms with van der Waals surface area (Å²) >= 11 is 0. The van der Waals surface area contributed by atoms with E-state index in [9.17, 15) is 28.3 Å². The number of aromatic nitrogens is 1. The molecule has 0 saturated carbocycles. The number of nitrogens with one attached hydrogen (secondary N) is 3. The first-order chi connectivity index (χ1) is 15.7. The molecule has 4 rings (SSSR count). The molecule has 3 aromatic rings. The Labute approximate surface area is 187 Å². The van der Waals surface area contributed by atoms with E-state index in [0.29, 0.717) is 17.4 Å². The minimum atomic E-state index is -1.86. The van der Waals surface area contributed by atoms with E-state index in [1.165, 1.54) is 6.92 Å². The van der Waals surface area contributed by atoms with Crippen LogP contribution in [0.25, 0.3) is 5.69 Å². The third-order valence-electron chi connectivity index (χ3n) is 5.17. The smallest absolute Gasteiger partial charge is 0.254 e. The van der Waals surface area contributed by atoms with Gasteiger partial charge in [0.15, 0.2) is 6.10 Å². The van der Waals surface area contributed by atoms with Gasteiger partial charge in [0.25, 0.3) is 5.91 Å². The van der Waals surface area contributed by atoms with Crippen LogP contribution in [0.15, 0.2) is 54.7 Å². The SMILES string of the molecule is C[C@H](NC(=O)C(O)c1cc(F)cc(F)c1)C(=O)Nc1ccc2c(c1)NC(=O)Cc1cccn1-2. The predicted molar refractivity (Wildman–Crippen MR) is 116 cm³/mol. The van der Waals surface area contributed by atoms with Crippen molar-refractivity contribution in [1.29, 1.82) is 0 Å². The summed E-state index contributed by atoms with van der Waals surface area (Å²) in [5.74, 6) is -3.66. The number of benzene rings is 2. The highest BCUT2D eigenvalue weighted by molar-refractivity contribution is 6.00. The van der Waals surface area contributed by atoms with Crippen LogP contribution in [-0.2, 0) is 20.8 Å². The topological polar surface area (TPSA) is 112 Å². The Morgan fingerprint density at radius 3 is 2.55 bits per heavy atom. The summed E-state index contributed by atoms with van der Waals surface area (Å²) in [6.45, 7) is 1.39. The second-order valence-electron chi connectivity index (χ2n) is 7.65. The third-order valence-corrected chi connectivity index (χ3v) is 5.17. The molecule has 10 heteroatoms. The van der Waals surface area contributed by atoms with Gasteiger partial charge in [0.05, 0.1) is 17.8 Å². The van der Waals surface area contributed by atoms with E-state index >= 15 is 0 Å². The largest absolute Gasteiger partial charge is 0.378 e. The van der Waals surface area contributed by atoms with Crippen molar-refractivity contribution in [3.63, 3.8) is 0 Å². The summed E-state index contributed by atoms with van der Waals surface area (Å²) in [6, 6.07) is 9.88. The molecule has 2 heterocycles. The Balaban J connectivity index is 1.44. The fraction of sp³-hybridized carbons (Fsp3) is 0.174. The number of hydrogen-bond donors (Lipinski definition) is 4. The molecule has 3 amide bonds. The average molecular weight is 454 g/mol. The summed E-state index contributed by atoms with van der Waals surface area (Å²) in [6.07, 6.45) is 0.188. The molecule has 1 aliphatic rings. The van der Waals surface area contributed by atoms with Gasteiger partial charge in [0.1, 0.15) is 17.7 Å². The quantitative estimate of drug-likeness (QED) is 0.474. The van der Waals surface area contributed by atoms with Crippen molar-refractivity contribution >= 4 is 29.1 Å². The highest BCUT2D eigenvalue weighted by Gasteiger charge is 2.24. The van der Waals surface area contributed by atoms with Gasteiger partial charge in [-0.3, -0.25) is 14.4 Å². The van der Waals surface area contributed by atoms with E-state index < -0.39 is 35.6 Å². The summed E-state index contributed by atoms with van der Waals surface area (Å²) in [5.41, 5.74) is 2.18. The van der Waals surface area contributed by atoms with Crippen LogP contribution in [-0.4, -0.2) is 33.4 Å². The number of carbonyl (C=O) groups is 3. The molecule has 0 aliphatic carbocycles. The standard InChI is InChI=1S/C23H20F2N4O4/c1-12(26-23(33)21(31)13-7-14(24)9-15(25)8-13)22(32)27-16-4-5-19-18(10-16)28-20(30)11-17-3-2-6-29(17)19/h2-10,12,21,31H,11H2,1H3,(H,26,33)(H,27,32)(H,28,30)/t12-,21?/m0/s1. The molecule has 1 aromatic heterocycles. The van der Waals surface area contributed by atoms with Crippen LogP contribution < -0.4 is 16.0 Å². The van der Waals surface area contributed by atoms with Crippen LogP contribution in [0.5, 0.6) is 0 Å². The van der Waals surface area contributed by atoms with E-state index in [2.05, 4.69) is 16.0 Å². The van der Waals surface area contributed by atoms with Crippen LogP contribution >= 0.6 is 0 Å². The number of nitrogens with zero attached hydrogens (tertiary/aromatic N) is 1. The summed E-state index contributed by atoms with van der Waals surface area (Å²) in [7, 11) is 0. The molecule has 0 bridgehead atoms. The zero-order chi connectivity index (χ0) is 23.7. The predicted octanol–water partition coefficient (Wildman–Crippen LogP) is 2.43. The Bertz CT molecular complexity index is 1240. The van der Waals surface area contributed by atoms with Crippen LogP contribution in [0.2, 0.25) is 0 Å². The van der Waals surface area contributed by atoms with E-state index in [-0.39, 0.29) is 17.9 Å². The number of rotatable bonds is 5. The van der Waals surface area contributed by atoms with Crippen molar-refractivity contribution in [2.75, 3.05) is 10.6 Å². The van der Waals surface area contributed by atoms with Crippen molar-refractivity contribution in [3.8, 4) is 5.69 Å². The molecule has 1 aliphatic heterocycles. The molecule has 33 heavy (non-hydrogen) atoms.